The molecule has 2 aromatic rings. The average molecular weight is 396 g/mol. The summed E-state index contributed by atoms with van der Waals surface area (Å²) in [5.41, 5.74) is 1.25. The molecule has 0 aliphatic carbocycles. The quantitative estimate of drug-likeness (QED) is 0.532. The lowest BCUT2D eigenvalue weighted by Crippen LogP contribution is -2.30. The van der Waals surface area contributed by atoms with Crippen molar-refractivity contribution in [1.29, 1.82) is 0 Å². The Balaban J connectivity index is 2.11. The predicted molar refractivity (Wildman–Crippen MR) is 100 cm³/mol. The van der Waals surface area contributed by atoms with Crippen LogP contribution < -0.4 is 5.32 Å². The molecule has 0 fully saturated rings. The fourth-order valence-corrected chi connectivity index (χ4v) is 2.68. The van der Waals surface area contributed by atoms with Crippen LogP contribution in [0.3, 0.4) is 0 Å². The maximum Gasteiger partial charge on any atom is 0.340 e. The van der Waals surface area contributed by atoms with E-state index in [4.69, 9.17) is 16.3 Å². The number of ether oxygens (including phenoxy) is 1. The lowest BCUT2D eigenvalue weighted by Gasteiger charge is -2.18. The van der Waals surface area contributed by atoms with E-state index in [1.165, 1.54) is 6.92 Å². The Kier molecular flexibility index (Phi) is 6.91. The van der Waals surface area contributed by atoms with Crippen molar-refractivity contribution in [1.82, 2.24) is 0 Å². The molecule has 0 saturated carbocycles. The van der Waals surface area contributed by atoms with Gasteiger partial charge < -0.3 is 10.1 Å². The van der Waals surface area contributed by atoms with Crippen molar-refractivity contribution >= 4 is 29.2 Å². The van der Waals surface area contributed by atoms with Crippen molar-refractivity contribution in [2.75, 3.05) is 5.32 Å². The summed E-state index contributed by atoms with van der Waals surface area (Å²) in [6.45, 7) is 5.46. The lowest BCUT2D eigenvalue weighted by atomic mass is 9.97. The van der Waals surface area contributed by atoms with Gasteiger partial charge in [-0.15, -0.1) is 0 Å². The number of anilines is 1. The molecule has 0 aromatic heterocycles. The Labute approximate surface area is 161 Å². The Morgan fingerprint density at radius 1 is 1.15 bits per heavy atom. The molecule has 4 nitrogen and oxygen atoms in total. The maximum atomic E-state index is 13.3. The monoisotopic (exact) mass is 395 g/mol. The number of halogens is 3. The second-order valence-electron chi connectivity index (χ2n) is 6.18. The molecule has 2 unspecified atom stereocenters. The van der Waals surface area contributed by atoms with Crippen LogP contribution in [0.25, 0.3) is 0 Å². The number of hydrogen-bond acceptors (Lipinski definition) is 3. The van der Waals surface area contributed by atoms with Crippen molar-refractivity contribution in [2.24, 2.45) is 0 Å². The number of esters is 1. The summed E-state index contributed by atoms with van der Waals surface area (Å²) >= 11 is 5.75. The third-order valence-corrected chi connectivity index (χ3v) is 4.56. The normalized spacial score (nSPS) is 13.0. The van der Waals surface area contributed by atoms with Gasteiger partial charge in [0.15, 0.2) is 17.7 Å². The molecule has 1 amide bonds. The lowest BCUT2D eigenvalue weighted by molar-refractivity contribution is -0.123. The highest BCUT2D eigenvalue weighted by molar-refractivity contribution is 6.33. The first kappa shape index (κ1) is 20.8. The summed E-state index contributed by atoms with van der Waals surface area (Å²) in [7, 11) is 0. The topological polar surface area (TPSA) is 55.4 Å². The summed E-state index contributed by atoms with van der Waals surface area (Å²) in [6, 6.07) is 8.68. The van der Waals surface area contributed by atoms with Crippen LogP contribution in [0, 0.1) is 11.6 Å². The van der Waals surface area contributed by atoms with Gasteiger partial charge in [0.25, 0.3) is 5.91 Å². The van der Waals surface area contributed by atoms with Crippen LogP contribution in [-0.2, 0) is 9.53 Å². The van der Waals surface area contributed by atoms with E-state index < -0.39 is 29.6 Å². The molecule has 1 N–H and O–H groups in total. The van der Waals surface area contributed by atoms with Crippen LogP contribution in [0.4, 0.5) is 14.5 Å². The largest absolute Gasteiger partial charge is 0.449 e. The van der Waals surface area contributed by atoms with Crippen LogP contribution in [0.15, 0.2) is 36.4 Å². The zero-order valence-electron chi connectivity index (χ0n) is 15.2. The van der Waals surface area contributed by atoms with E-state index in [-0.39, 0.29) is 16.5 Å². The second kappa shape index (κ2) is 8.95. The van der Waals surface area contributed by atoms with E-state index in [2.05, 4.69) is 5.32 Å². The maximum absolute atomic E-state index is 13.3. The van der Waals surface area contributed by atoms with Gasteiger partial charge in [-0.25, -0.2) is 13.6 Å². The highest BCUT2D eigenvalue weighted by Gasteiger charge is 2.23. The Bertz CT molecular complexity index is 857. The summed E-state index contributed by atoms with van der Waals surface area (Å²) < 4.78 is 31.5. The van der Waals surface area contributed by atoms with Crippen molar-refractivity contribution in [3.8, 4) is 0 Å². The SMILES string of the molecule is CCC(C)c1ccccc1NC(=O)C(C)OC(=O)c1cc(F)c(F)cc1Cl. The van der Waals surface area contributed by atoms with Crippen LogP contribution >= 0.6 is 11.6 Å². The molecule has 2 aromatic carbocycles. The molecule has 7 heteroatoms. The minimum atomic E-state index is -1.23. The number of rotatable bonds is 6. The fourth-order valence-electron chi connectivity index (χ4n) is 2.45. The number of carbonyl (C=O) groups excluding carboxylic acids is 2. The first-order chi connectivity index (χ1) is 12.7. The molecule has 27 heavy (non-hydrogen) atoms. The molecule has 0 radical (unpaired) electrons. The van der Waals surface area contributed by atoms with Crippen molar-refractivity contribution < 1.29 is 23.1 Å². The van der Waals surface area contributed by atoms with E-state index in [1.807, 2.05) is 26.0 Å². The predicted octanol–water partition coefficient (Wildman–Crippen LogP) is 5.32. The van der Waals surface area contributed by atoms with Crippen molar-refractivity contribution in [2.45, 2.75) is 39.2 Å². The van der Waals surface area contributed by atoms with Crippen molar-refractivity contribution in [3.05, 3.63) is 64.2 Å². The molecule has 144 valence electrons. The first-order valence-electron chi connectivity index (χ1n) is 8.49. The van der Waals surface area contributed by atoms with Gasteiger partial charge in [0, 0.05) is 5.69 Å². The third kappa shape index (κ3) is 5.04. The minimum Gasteiger partial charge on any atom is -0.449 e. The van der Waals surface area contributed by atoms with Crippen LogP contribution in [0.1, 0.15) is 49.0 Å². The number of benzene rings is 2. The molecule has 0 bridgehead atoms. The summed E-state index contributed by atoms with van der Waals surface area (Å²) in [5.74, 6) is -3.73. The number of carbonyl (C=O) groups is 2. The highest BCUT2D eigenvalue weighted by Crippen LogP contribution is 2.27. The zero-order valence-corrected chi connectivity index (χ0v) is 15.9. The molecule has 2 atom stereocenters. The molecular formula is C20H20ClF2NO3. The van der Waals surface area contributed by atoms with Gasteiger partial charge in [0.2, 0.25) is 0 Å². The molecule has 0 saturated heterocycles. The zero-order chi connectivity index (χ0) is 20.1. The number of para-hydroxylation sites is 1. The first-order valence-corrected chi connectivity index (χ1v) is 8.87. The van der Waals surface area contributed by atoms with Gasteiger partial charge in [-0.3, -0.25) is 4.79 Å². The van der Waals surface area contributed by atoms with Crippen LogP contribution in [0.5, 0.6) is 0 Å². The molecule has 0 heterocycles. The second-order valence-corrected chi connectivity index (χ2v) is 6.59. The van der Waals surface area contributed by atoms with Crippen LogP contribution in [0.2, 0.25) is 5.02 Å². The smallest absolute Gasteiger partial charge is 0.340 e. The van der Waals surface area contributed by atoms with Gasteiger partial charge in [-0.05, 0) is 43.0 Å². The van der Waals surface area contributed by atoms with E-state index in [0.717, 1.165) is 12.0 Å². The van der Waals surface area contributed by atoms with Crippen LogP contribution in [-0.4, -0.2) is 18.0 Å². The average Bonchev–Trinajstić information content (AvgIpc) is 2.64. The molecular weight excluding hydrogens is 376 g/mol. The van der Waals surface area contributed by atoms with Gasteiger partial charge in [-0.2, -0.15) is 0 Å². The number of hydrogen-bond donors (Lipinski definition) is 1. The highest BCUT2D eigenvalue weighted by atomic mass is 35.5. The fraction of sp³-hybridized carbons (Fsp3) is 0.300. The van der Waals surface area contributed by atoms with Gasteiger partial charge in [0.1, 0.15) is 0 Å². The molecule has 2 rings (SSSR count). The van der Waals surface area contributed by atoms with Gasteiger partial charge >= 0.3 is 5.97 Å². The van der Waals surface area contributed by atoms with Crippen molar-refractivity contribution in [3.63, 3.8) is 0 Å². The molecule has 0 aliphatic rings. The Morgan fingerprint density at radius 2 is 1.78 bits per heavy atom. The minimum absolute atomic E-state index is 0.236. The van der Waals surface area contributed by atoms with E-state index >= 15 is 0 Å². The third-order valence-electron chi connectivity index (χ3n) is 4.24. The Morgan fingerprint density at radius 3 is 2.44 bits per heavy atom. The summed E-state index contributed by atoms with van der Waals surface area (Å²) in [4.78, 5) is 24.5. The van der Waals surface area contributed by atoms with E-state index in [9.17, 15) is 18.4 Å². The molecule has 0 aliphatic heterocycles. The van der Waals surface area contributed by atoms with E-state index in [0.29, 0.717) is 17.8 Å². The number of amides is 1. The van der Waals surface area contributed by atoms with Gasteiger partial charge in [0.05, 0.1) is 10.6 Å². The summed E-state index contributed by atoms with van der Waals surface area (Å²) in [6.07, 6.45) is -0.266. The van der Waals surface area contributed by atoms with Gasteiger partial charge in [-0.1, -0.05) is 43.6 Å². The van der Waals surface area contributed by atoms with E-state index in [1.54, 1.807) is 12.1 Å². The standard InChI is InChI=1S/C20H20ClF2NO3/c1-4-11(2)13-7-5-6-8-18(13)24-19(25)12(3)27-20(26)14-9-16(22)17(23)10-15(14)21/h5-12H,4H2,1-3H3,(H,24,25). The Hall–Kier alpha value is -2.47. The molecule has 0 spiro atoms. The number of nitrogens with one attached hydrogen (secondary N) is 1. The summed E-state index contributed by atoms with van der Waals surface area (Å²) in [5, 5.41) is 2.44.